The number of aliphatic carboxylic acids is 1. The summed E-state index contributed by atoms with van der Waals surface area (Å²) in [6.07, 6.45) is 13.5. The molecule has 0 radical (unpaired) electrons. The minimum atomic E-state index is -0.637. The molecule has 0 rings (SSSR count). The summed E-state index contributed by atoms with van der Waals surface area (Å²) in [4.78, 5) is 11.8. The molecule has 0 aromatic rings. The van der Waals surface area contributed by atoms with Crippen LogP contribution in [-0.4, -0.2) is 16.8 Å². The van der Waals surface area contributed by atoms with Crippen LogP contribution >= 0.6 is 12.6 Å². The lowest BCUT2D eigenvalue weighted by molar-refractivity contribution is -0.148. The molecule has 0 bridgehead atoms. The van der Waals surface area contributed by atoms with Crippen LogP contribution in [0.1, 0.15) is 105 Å². The standard InChI is InChI=1S/C21H42O2S/c1-18(2)13-9-5-7-11-15-21(17-24,20(22)23)16-12-8-6-10-14-19(3)4/h18-19,24H,5-17H2,1-4H3,(H,22,23). The van der Waals surface area contributed by atoms with Crippen molar-refractivity contribution in [2.45, 2.75) is 105 Å². The molecular weight excluding hydrogens is 316 g/mol. The highest BCUT2D eigenvalue weighted by molar-refractivity contribution is 7.80. The van der Waals surface area contributed by atoms with Gasteiger partial charge in [-0.15, -0.1) is 0 Å². The van der Waals surface area contributed by atoms with E-state index in [4.69, 9.17) is 0 Å². The van der Waals surface area contributed by atoms with Gasteiger partial charge in [0, 0.05) is 5.75 Å². The molecule has 0 spiro atoms. The van der Waals surface area contributed by atoms with E-state index in [0.717, 1.165) is 50.4 Å². The fourth-order valence-electron chi connectivity index (χ4n) is 3.30. The SMILES string of the molecule is CC(C)CCCCCCC(CS)(CCCCCCC(C)C)C(=O)O. The van der Waals surface area contributed by atoms with Gasteiger partial charge in [0.1, 0.15) is 0 Å². The lowest BCUT2D eigenvalue weighted by atomic mass is 9.79. The average Bonchev–Trinajstić information content (AvgIpc) is 2.51. The number of carboxylic acid groups (broad SMARTS) is 1. The Morgan fingerprint density at radius 3 is 1.46 bits per heavy atom. The number of thiol groups is 1. The summed E-state index contributed by atoms with van der Waals surface area (Å²) in [6, 6.07) is 0. The van der Waals surface area contributed by atoms with Gasteiger partial charge in [0.25, 0.3) is 0 Å². The predicted molar refractivity (Wildman–Crippen MR) is 109 cm³/mol. The number of rotatable bonds is 16. The van der Waals surface area contributed by atoms with Crippen LogP contribution in [0.2, 0.25) is 0 Å². The van der Waals surface area contributed by atoms with Crippen LogP contribution in [0.25, 0.3) is 0 Å². The van der Waals surface area contributed by atoms with E-state index < -0.39 is 11.4 Å². The molecule has 0 heterocycles. The maximum atomic E-state index is 11.8. The number of hydrogen-bond acceptors (Lipinski definition) is 2. The molecule has 144 valence electrons. The molecule has 0 aliphatic heterocycles. The molecule has 0 fully saturated rings. The summed E-state index contributed by atoms with van der Waals surface area (Å²) in [5, 5.41) is 9.73. The number of carboxylic acids is 1. The largest absolute Gasteiger partial charge is 0.481 e. The molecule has 2 nitrogen and oxygen atoms in total. The fraction of sp³-hybridized carbons (Fsp3) is 0.952. The molecule has 0 aromatic heterocycles. The molecule has 1 N–H and O–H groups in total. The van der Waals surface area contributed by atoms with Crippen LogP contribution in [0.4, 0.5) is 0 Å². The molecule has 0 atom stereocenters. The summed E-state index contributed by atoms with van der Waals surface area (Å²) in [6.45, 7) is 9.05. The zero-order valence-corrected chi connectivity index (χ0v) is 17.5. The Kier molecular flexibility index (Phi) is 13.9. The predicted octanol–water partition coefficient (Wildman–Crippen LogP) is 6.98. The van der Waals surface area contributed by atoms with Gasteiger partial charge >= 0.3 is 5.97 Å². The van der Waals surface area contributed by atoms with Gasteiger partial charge in [0.05, 0.1) is 5.41 Å². The fourth-order valence-corrected chi connectivity index (χ4v) is 3.76. The number of hydrogen-bond donors (Lipinski definition) is 2. The Morgan fingerprint density at radius 2 is 1.17 bits per heavy atom. The average molecular weight is 359 g/mol. The van der Waals surface area contributed by atoms with E-state index in [1.165, 1.54) is 38.5 Å². The summed E-state index contributed by atoms with van der Waals surface area (Å²) in [5.41, 5.74) is -0.598. The van der Waals surface area contributed by atoms with E-state index in [1.807, 2.05) is 0 Å². The van der Waals surface area contributed by atoms with E-state index in [1.54, 1.807) is 0 Å². The highest BCUT2D eigenvalue weighted by Crippen LogP contribution is 2.33. The van der Waals surface area contributed by atoms with Crippen LogP contribution in [0.3, 0.4) is 0 Å². The first kappa shape index (κ1) is 23.8. The molecule has 0 aromatic carbocycles. The van der Waals surface area contributed by atoms with Crippen LogP contribution in [0.5, 0.6) is 0 Å². The Bertz CT molecular complexity index is 293. The molecule has 0 amide bonds. The number of carbonyl (C=O) groups is 1. The van der Waals surface area contributed by atoms with Crippen molar-refractivity contribution in [1.29, 1.82) is 0 Å². The first-order valence-corrected chi connectivity index (χ1v) is 10.8. The zero-order valence-electron chi connectivity index (χ0n) is 16.6. The highest BCUT2D eigenvalue weighted by atomic mass is 32.1. The second kappa shape index (κ2) is 14.0. The monoisotopic (exact) mass is 358 g/mol. The minimum absolute atomic E-state index is 0.473. The molecular formula is C21H42O2S. The Balaban J connectivity index is 4.06. The van der Waals surface area contributed by atoms with E-state index in [-0.39, 0.29) is 0 Å². The van der Waals surface area contributed by atoms with Crippen molar-refractivity contribution < 1.29 is 9.90 Å². The number of unbranched alkanes of at least 4 members (excludes halogenated alkanes) is 6. The Morgan fingerprint density at radius 1 is 0.792 bits per heavy atom. The lowest BCUT2D eigenvalue weighted by Gasteiger charge is -2.28. The Hall–Kier alpha value is -0.180. The van der Waals surface area contributed by atoms with Gasteiger partial charge in [0.2, 0.25) is 0 Å². The summed E-state index contributed by atoms with van der Waals surface area (Å²) in [7, 11) is 0. The second-order valence-corrected chi connectivity index (χ2v) is 8.75. The van der Waals surface area contributed by atoms with E-state index in [0.29, 0.717) is 5.75 Å². The van der Waals surface area contributed by atoms with Crippen molar-refractivity contribution in [3.8, 4) is 0 Å². The van der Waals surface area contributed by atoms with Crippen molar-refractivity contribution >= 4 is 18.6 Å². The van der Waals surface area contributed by atoms with Gasteiger partial charge < -0.3 is 5.11 Å². The lowest BCUT2D eigenvalue weighted by Crippen LogP contribution is -2.33. The molecule has 0 saturated heterocycles. The Labute approximate surface area is 156 Å². The smallest absolute Gasteiger partial charge is 0.310 e. The summed E-state index contributed by atoms with van der Waals surface area (Å²) >= 11 is 4.40. The molecule has 0 unspecified atom stereocenters. The first-order valence-electron chi connectivity index (χ1n) is 10.2. The van der Waals surface area contributed by atoms with E-state index >= 15 is 0 Å². The van der Waals surface area contributed by atoms with E-state index in [2.05, 4.69) is 40.3 Å². The van der Waals surface area contributed by atoms with Crippen LogP contribution in [0, 0.1) is 17.3 Å². The molecule has 24 heavy (non-hydrogen) atoms. The van der Waals surface area contributed by atoms with Gasteiger partial charge in [-0.2, -0.15) is 12.6 Å². The third-order valence-electron chi connectivity index (χ3n) is 5.13. The maximum absolute atomic E-state index is 11.8. The van der Waals surface area contributed by atoms with Crippen LogP contribution in [0.15, 0.2) is 0 Å². The van der Waals surface area contributed by atoms with Crippen molar-refractivity contribution in [1.82, 2.24) is 0 Å². The maximum Gasteiger partial charge on any atom is 0.310 e. The quantitative estimate of drug-likeness (QED) is 0.231. The molecule has 3 heteroatoms. The molecule has 0 aliphatic carbocycles. The third-order valence-corrected chi connectivity index (χ3v) is 5.74. The summed E-state index contributed by atoms with van der Waals surface area (Å²) < 4.78 is 0. The van der Waals surface area contributed by atoms with Gasteiger partial charge in [-0.25, -0.2) is 0 Å². The van der Waals surface area contributed by atoms with Gasteiger partial charge in [-0.3, -0.25) is 4.79 Å². The van der Waals surface area contributed by atoms with Crippen LogP contribution < -0.4 is 0 Å². The second-order valence-electron chi connectivity index (χ2n) is 8.44. The first-order chi connectivity index (χ1) is 11.3. The topological polar surface area (TPSA) is 37.3 Å². The van der Waals surface area contributed by atoms with Crippen LogP contribution in [-0.2, 0) is 4.79 Å². The third kappa shape index (κ3) is 11.4. The minimum Gasteiger partial charge on any atom is -0.481 e. The van der Waals surface area contributed by atoms with Gasteiger partial charge in [-0.1, -0.05) is 91.9 Å². The van der Waals surface area contributed by atoms with Crippen molar-refractivity contribution in [2.75, 3.05) is 5.75 Å². The van der Waals surface area contributed by atoms with Crippen molar-refractivity contribution in [3.63, 3.8) is 0 Å². The van der Waals surface area contributed by atoms with Crippen molar-refractivity contribution in [3.05, 3.63) is 0 Å². The molecule has 0 aliphatic rings. The van der Waals surface area contributed by atoms with Crippen molar-refractivity contribution in [2.24, 2.45) is 17.3 Å². The highest BCUT2D eigenvalue weighted by Gasteiger charge is 2.35. The van der Waals surface area contributed by atoms with Gasteiger partial charge in [0.15, 0.2) is 0 Å². The normalized spacial score (nSPS) is 12.3. The zero-order chi connectivity index (χ0) is 18.4. The molecule has 0 saturated carbocycles. The van der Waals surface area contributed by atoms with E-state index in [9.17, 15) is 9.90 Å². The van der Waals surface area contributed by atoms with Gasteiger partial charge in [-0.05, 0) is 24.7 Å². The summed E-state index contributed by atoms with van der Waals surface area (Å²) in [5.74, 6) is 1.38.